The van der Waals surface area contributed by atoms with Crippen LogP contribution in [-0.4, -0.2) is 25.8 Å². The highest BCUT2D eigenvalue weighted by Crippen LogP contribution is 2.44. The Morgan fingerprint density at radius 3 is 2.81 bits per heavy atom. The van der Waals surface area contributed by atoms with Gasteiger partial charge in [-0.2, -0.15) is 0 Å². The van der Waals surface area contributed by atoms with Gasteiger partial charge in [-0.3, -0.25) is 0 Å². The number of rotatable bonds is 4. The molecule has 1 aliphatic heterocycles. The van der Waals surface area contributed by atoms with E-state index in [0.717, 1.165) is 25.0 Å². The van der Waals surface area contributed by atoms with Crippen LogP contribution < -0.4 is 5.32 Å². The molecule has 1 saturated carbocycles. The van der Waals surface area contributed by atoms with Crippen molar-refractivity contribution < 1.29 is 4.74 Å². The zero-order chi connectivity index (χ0) is 11.4. The second-order valence-electron chi connectivity index (χ2n) is 5.86. The lowest BCUT2D eigenvalue weighted by atomic mass is 9.77. The van der Waals surface area contributed by atoms with Crippen molar-refractivity contribution in [3.05, 3.63) is 0 Å². The molecule has 1 aliphatic carbocycles. The van der Waals surface area contributed by atoms with E-state index in [2.05, 4.69) is 19.3 Å². The maximum absolute atomic E-state index is 6.10. The van der Waals surface area contributed by atoms with Crippen LogP contribution in [0.5, 0.6) is 0 Å². The smallest absolute Gasteiger partial charge is 0.0685 e. The number of nitrogens with one attached hydrogen (secondary N) is 1. The molecule has 2 heteroatoms. The summed E-state index contributed by atoms with van der Waals surface area (Å²) in [6, 6.07) is 0. The predicted molar refractivity (Wildman–Crippen MR) is 67.6 cm³/mol. The van der Waals surface area contributed by atoms with Gasteiger partial charge in [-0.25, -0.2) is 0 Å². The van der Waals surface area contributed by atoms with E-state index < -0.39 is 0 Å². The van der Waals surface area contributed by atoms with Crippen LogP contribution in [0.25, 0.3) is 0 Å². The van der Waals surface area contributed by atoms with Gasteiger partial charge in [0.25, 0.3) is 0 Å². The molecule has 0 radical (unpaired) electrons. The van der Waals surface area contributed by atoms with Gasteiger partial charge in [0.05, 0.1) is 5.60 Å². The fourth-order valence-electron chi connectivity index (χ4n) is 3.53. The Morgan fingerprint density at radius 1 is 1.38 bits per heavy atom. The van der Waals surface area contributed by atoms with Crippen molar-refractivity contribution in [1.82, 2.24) is 5.32 Å². The van der Waals surface area contributed by atoms with Gasteiger partial charge in [0, 0.05) is 6.61 Å². The van der Waals surface area contributed by atoms with E-state index in [9.17, 15) is 0 Å². The van der Waals surface area contributed by atoms with Crippen LogP contribution in [0.2, 0.25) is 0 Å². The van der Waals surface area contributed by atoms with Gasteiger partial charge in [-0.15, -0.1) is 0 Å². The zero-order valence-corrected chi connectivity index (χ0v) is 10.9. The van der Waals surface area contributed by atoms with E-state index in [4.69, 9.17) is 4.74 Å². The van der Waals surface area contributed by atoms with Crippen LogP contribution in [0.15, 0.2) is 0 Å². The Balaban J connectivity index is 1.85. The first kappa shape index (κ1) is 12.4. The van der Waals surface area contributed by atoms with Gasteiger partial charge in [0.2, 0.25) is 0 Å². The van der Waals surface area contributed by atoms with Crippen LogP contribution >= 0.6 is 0 Å². The molecule has 0 bridgehead atoms. The first-order valence-electron chi connectivity index (χ1n) is 7.04. The summed E-state index contributed by atoms with van der Waals surface area (Å²) >= 11 is 0. The first-order valence-corrected chi connectivity index (χ1v) is 7.04. The molecular formula is C14H27NO. The van der Waals surface area contributed by atoms with Crippen molar-refractivity contribution in [1.29, 1.82) is 0 Å². The number of ether oxygens (including phenoxy) is 1. The van der Waals surface area contributed by atoms with Gasteiger partial charge in [0.1, 0.15) is 0 Å². The summed E-state index contributed by atoms with van der Waals surface area (Å²) in [7, 11) is 2.05. The summed E-state index contributed by atoms with van der Waals surface area (Å²) in [6.07, 6.45) is 9.35. The molecule has 2 fully saturated rings. The molecule has 1 saturated heterocycles. The molecule has 2 unspecified atom stereocenters. The third-order valence-electron chi connectivity index (χ3n) is 4.70. The summed E-state index contributed by atoms with van der Waals surface area (Å²) in [6.45, 7) is 4.59. The Morgan fingerprint density at radius 2 is 2.12 bits per heavy atom. The normalized spacial score (nSPS) is 30.8. The van der Waals surface area contributed by atoms with Crippen LogP contribution in [0.3, 0.4) is 0 Å². The van der Waals surface area contributed by atoms with Crippen molar-refractivity contribution in [2.45, 2.75) is 57.5 Å². The Bertz CT molecular complexity index is 211. The minimum absolute atomic E-state index is 0.302. The molecule has 2 atom stereocenters. The molecule has 0 aromatic heterocycles. The quantitative estimate of drug-likeness (QED) is 0.794. The maximum atomic E-state index is 6.10. The summed E-state index contributed by atoms with van der Waals surface area (Å²) in [5, 5.41) is 3.27. The average Bonchev–Trinajstić information content (AvgIpc) is 2.74. The molecule has 16 heavy (non-hydrogen) atoms. The number of hydrogen-bond acceptors (Lipinski definition) is 2. The lowest BCUT2D eigenvalue weighted by molar-refractivity contribution is -0.101. The van der Waals surface area contributed by atoms with E-state index in [0.29, 0.717) is 5.60 Å². The fraction of sp³-hybridized carbons (Fsp3) is 1.00. The molecule has 0 aromatic carbocycles. The van der Waals surface area contributed by atoms with E-state index in [1.807, 2.05) is 0 Å². The van der Waals surface area contributed by atoms with Crippen molar-refractivity contribution in [3.8, 4) is 0 Å². The maximum Gasteiger partial charge on any atom is 0.0685 e. The van der Waals surface area contributed by atoms with Gasteiger partial charge in [-0.05, 0) is 57.5 Å². The van der Waals surface area contributed by atoms with Crippen LogP contribution in [0.1, 0.15) is 51.9 Å². The summed E-state index contributed by atoms with van der Waals surface area (Å²) < 4.78 is 6.10. The molecule has 1 N–H and O–H groups in total. The van der Waals surface area contributed by atoms with Crippen molar-refractivity contribution in [2.75, 3.05) is 20.2 Å². The second-order valence-corrected chi connectivity index (χ2v) is 5.86. The van der Waals surface area contributed by atoms with Crippen LogP contribution in [0, 0.1) is 11.8 Å². The van der Waals surface area contributed by atoms with E-state index in [1.165, 1.54) is 44.9 Å². The molecule has 94 valence electrons. The third-order valence-corrected chi connectivity index (χ3v) is 4.70. The lowest BCUT2D eigenvalue weighted by Gasteiger charge is -2.40. The Kier molecular flexibility index (Phi) is 4.26. The predicted octanol–water partition coefficient (Wildman–Crippen LogP) is 2.97. The minimum atomic E-state index is 0.302. The molecular weight excluding hydrogens is 198 g/mol. The molecule has 2 rings (SSSR count). The van der Waals surface area contributed by atoms with E-state index >= 15 is 0 Å². The molecule has 2 nitrogen and oxygen atoms in total. The largest absolute Gasteiger partial charge is 0.375 e. The standard InChI is InChI=1S/C14H27NO/c1-12(5-9-15-2)13-6-10-16-14(11-13)7-3-4-8-14/h12-13,15H,3-11H2,1-2H3. The molecule has 2 aliphatic rings. The van der Waals surface area contributed by atoms with Gasteiger partial charge < -0.3 is 10.1 Å². The van der Waals surface area contributed by atoms with Crippen molar-refractivity contribution >= 4 is 0 Å². The monoisotopic (exact) mass is 225 g/mol. The van der Waals surface area contributed by atoms with Gasteiger partial charge in [-0.1, -0.05) is 19.8 Å². The molecule has 1 spiro atoms. The Hall–Kier alpha value is -0.0800. The highest BCUT2D eigenvalue weighted by molar-refractivity contribution is 4.92. The summed E-state index contributed by atoms with van der Waals surface area (Å²) in [4.78, 5) is 0. The topological polar surface area (TPSA) is 21.3 Å². The summed E-state index contributed by atoms with van der Waals surface area (Å²) in [5.74, 6) is 1.76. The Labute approximate surface area is 100 Å². The first-order chi connectivity index (χ1) is 7.76. The third kappa shape index (κ3) is 2.78. The second kappa shape index (κ2) is 5.50. The average molecular weight is 225 g/mol. The van der Waals surface area contributed by atoms with E-state index in [-0.39, 0.29) is 0 Å². The molecule has 0 aromatic rings. The highest BCUT2D eigenvalue weighted by atomic mass is 16.5. The minimum Gasteiger partial charge on any atom is -0.375 e. The molecule has 1 heterocycles. The van der Waals surface area contributed by atoms with Crippen molar-refractivity contribution in [2.24, 2.45) is 11.8 Å². The fourth-order valence-corrected chi connectivity index (χ4v) is 3.53. The zero-order valence-electron chi connectivity index (χ0n) is 10.9. The lowest BCUT2D eigenvalue weighted by Crippen LogP contribution is -2.39. The van der Waals surface area contributed by atoms with Crippen LogP contribution in [-0.2, 0) is 4.74 Å². The van der Waals surface area contributed by atoms with Gasteiger partial charge in [0.15, 0.2) is 0 Å². The van der Waals surface area contributed by atoms with E-state index in [1.54, 1.807) is 0 Å². The van der Waals surface area contributed by atoms with Crippen LogP contribution in [0.4, 0.5) is 0 Å². The highest BCUT2D eigenvalue weighted by Gasteiger charge is 2.40. The summed E-state index contributed by atoms with van der Waals surface area (Å²) in [5.41, 5.74) is 0.302. The SMILES string of the molecule is CNCCC(C)C1CCOC2(CCCC2)C1. The number of hydrogen-bond donors (Lipinski definition) is 1. The van der Waals surface area contributed by atoms with Crippen molar-refractivity contribution in [3.63, 3.8) is 0 Å². The van der Waals surface area contributed by atoms with Gasteiger partial charge >= 0.3 is 0 Å². The molecule has 0 amide bonds.